The first kappa shape index (κ1) is 13.0. The highest BCUT2D eigenvalue weighted by Crippen LogP contribution is 2.32. The summed E-state index contributed by atoms with van der Waals surface area (Å²) in [6.07, 6.45) is 5.05. The molecule has 1 aromatic heterocycles. The second-order valence-corrected chi connectivity index (χ2v) is 5.66. The molecule has 0 spiro atoms. The maximum absolute atomic E-state index is 9.05. The van der Waals surface area contributed by atoms with Crippen molar-refractivity contribution in [2.24, 2.45) is 5.92 Å². The lowest BCUT2D eigenvalue weighted by molar-refractivity contribution is 0.412. The standard InChI is InChI=1S/C17H18N2O/c1-11(2)16-8-13(5-6-19-16)15-10-20-17-4-3-12(9-18)7-14(15)17/h3-5,7,10-11,16,19H,6,8H2,1-2H3. The van der Waals surface area contributed by atoms with Crippen LogP contribution < -0.4 is 5.32 Å². The smallest absolute Gasteiger partial charge is 0.134 e. The van der Waals surface area contributed by atoms with Crippen molar-refractivity contribution in [3.8, 4) is 6.07 Å². The van der Waals surface area contributed by atoms with Gasteiger partial charge >= 0.3 is 0 Å². The zero-order valence-electron chi connectivity index (χ0n) is 11.8. The van der Waals surface area contributed by atoms with Crippen LogP contribution >= 0.6 is 0 Å². The van der Waals surface area contributed by atoms with Gasteiger partial charge in [0.15, 0.2) is 0 Å². The molecule has 0 radical (unpaired) electrons. The summed E-state index contributed by atoms with van der Waals surface area (Å²) in [5.41, 5.74) is 3.97. The van der Waals surface area contributed by atoms with Crippen molar-refractivity contribution in [1.82, 2.24) is 5.32 Å². The van der Waals surface area contributed by atoms with Crippen molar-refractivity contribution in [1.29, 1.82) is 5.26 Å². The molecule has 3 rings (SSSR count). The Morgan fingerprint density at radius 3 is 3.00 bits per heavy atom. The Morgan fingerprint density at radius 1 is 1.40 bits per heavy atom. The van der Waals surface area contributed by atoms with Crippen LogP contribution in [0.5, 0.6) is 0 Å². The van der Waals surface area contributed by atoms with E-state index in [2.05, 4.69) is 31.3 Å². The van der Waals surface area contributed by atoms with Crippen molar-refractivity contribution >= 4 is 16.5 Å². The minimum atomic E-state index is 0.499. The number of nitrogens with zero attached hydrogens (tertiary/aromatic N) is 1. The Hall–Kier alpha value is -2.05. The van der Waals surface area contributed by atoms with Gasteiger partial charge in [-0.25, -0.2) is 0 Å². The van der Waals surface area contributed by atoms with Crippen LogP contribution in [-0.2, 0) is 0 Å². The molecular weight excluding hydrogens is 248 g/mol. The summed E-state index contributed by atoms with van der Waals surface area (Å²) in [6, 6.07) is 8.28. The molecular formula is C17H18N2O. The van der Waals surface area contributed by atoms with E-state index in [1.54, 1.807) is 6.07 Å². The van der Waals surface area contributed by atoms with Gasteiger partial charge in [-0.3, -0.25) is 0 Å². The van der Waals surface area contributed by atoms with Crippen molar-refractivity contribution in [3.05, 3.63) is 41.7 Å². The molecule has 1 atom stereocenters. The molecule has 2 aromatic rings. The van der Waals surface area contributed by atoms with Gasteiger partial charge in [-0.15, -0.1) is 0 Å². The first-order chi connectivity index (χ1) is 9.69. The van der Waals surface area contributed by atoms with Crippen molar-refractivity contribution in [3.63, 3.8) is 0 Å². The lowest BCUT2D eigenvalue weighted by Gasteiger charge is -2.27. The van der Waals surface area contributed by atoms with Gasteiger partial charge in [0.25, 0.3) is 0 Å². The highest BCUT2D eigenvalue weighted by Gasteiger charge is 2.21. The summed E-state index contributed by atoms with van der Waals surface area (Å²) >= 11 is 0. The summed E-state index contributed by atoms with van der Waals surface area (Å²) in [5, 5.41) is 13.6. The maximum Gasteiger partial charge on any atom is 0.134 e. The molecule has 0 bridgehead atoms. The highest BCUT2D eigenvalue weighted by molar-refractivity contribution is 5.92. The Balaban J connectivity index is 2.02. The zero-order valence-corrected chi connectivity index (χ0v) is 11.8. The Labute approximate surface area is 118 Å². The molecule has 1 aliphatic rings. The van der Waals surface area contributed by atoms with Gasteiger partial charge in [0.2, 0.25) is 0 Å². The largest absolute Gasteiger partial charge is 0.464 e. The van der Waals surface area contributed by atoms with E-state index in [0.29, 0.717) is 17.5 Å². The van der Waals surface area contributed by atoms with Crippen LogP contribution in [0.2, 0.25) is 0 Å². The topological polar surface area (TPSA) is 49.0 Å². The number of benzene rings is 1. The monoisotopic (exact) mass is 266 g/mol. The highest BCUT2D eigenvalue weighted by atomic mass is 16.3. The van der Waals surface area contributed by atoms with Gasteiger partial charge < -0.3 is 9.73 Å². The molecule has 1 unspecified atom stereocenters. The molecule has 1 aliphatic heterocycles. The second-order valence-electron chi connectivity index (χ2n) is 5.66. The number of hydrogen-bond donors (Lipinski definition) is 1. The van der Waals surface area contributed by atoms with E-state index < -0.39 is 0 Å². The van der Waals surface area contributed by atoms with Crippen LogP contribution in [0.25, 0.3) is 16.5 Å². The maximum atomic E-state index is 9.05. The fraction of sp³-hybridized carbons (Fsp3) is 0.353. The molecule has 0 saturated heterocycles. The molecule has 0 fully saturated rings. The summed E-state index contributed by atoms with van der Waals surface area (Å²) in [6.45, 7) is 5.37. The summed E-state index contributed by atoms with van der Waals surface area (Å²) in [5.74, 6) is 0.603. The van der Waals surface area contributed by atoms with Crippen LogP contribution in [0, 0.1) is 17.2 Å². The average molecular weight is 266 g/mol. The van der Waals surface area contributed by atoms with Crippen LogP contribution in [0.3, 0.4) is 0 Å². The average Bonchev–Trinajstić information content (AvgIpc) is 2.90. The van der Waals surface area contributed by atoms with Crippen molar-refractivity contribution in [2.75, 3.05) is 6.54 Å². The van der Waals surface area contributed by atoms with Crippen LogP contribution in [0.1, 0.15) is 31.4 Å². The van der Waals surface area contributed by atoms with Gasteiger partial charge in [-0.1, -0.05) is 19.9 Å². The fourth-order valence-corrected chi connectivity index (χ4v) is 2.76. The fourth-order valence-electron chi connectivity index (χ4n) is 2.76. The molecule has 2 heterocycles. The molecule has 1 N–H and O–H groups in total. The first-order valence-corrected chi connectivity index (χ1v) is 7.03. The number of nitrogens with one attached hydrogen (secondary N) is 1. The summed E-state index contributed by atoms with van der Waals surface area (Å²) in [7, 11) is 0. The van der Waals surface area contributed by atoms with Gasteiger partial charge in [-0.05, 0) is 36.1 Å². The van der Waals surface area contributed by atoms with Crippen LogP contribution in [0.15, 0.2) is 35.0 Å². The Kier molecular flexibility index (Phi) is 3.33. The number of furan rings is 1. The molecule has 102 valence electrons. The zero-order chi connectivity index (χ0) is 14.1. The third-order valence-electron chi connectivity index (χ3n) is 4.02. The lowest BCUT2D eigenvalue weighted by Crippen LogP contribution is -2.36. The number of nitriles is 1. The van der Waals surface area contributed by atoms with Crippen LogP contribution in [-0.4, -0.2) is 12.6 Å². The second kappa shape index (κ2) is 5.15. The quantitative estimate of drug-likeness (QED) is 0.901. The molecule has 0 amide bonds. The SMILES string of the molecule is CC(C)C1CC(c2coc3ccc(C#N)cc23)=CCN1. The molecule has 3 nitrogen and oxygen atoms in total. The van der Waals surface area contributed by atoms with Crippen molar-refractivity contribution in [2.45, 2.75) is 26.3 Å². The molecule has 3 heteroatoms. The number of hydrogen-bond acceptors (Lipinski definition) is 3. The first-order valence-electron chi connectivity index (χ1n) is 7.03. The Bertz CT molecular complexity index is 703. The predicted molar refractivity (Wildman–Crippen MR) is 80.2 cm³/mol. The molecule has 0 aliphatic carbocycles. The van der Waals surface area contributed by atoms with E-state index >= 15 is 0 Å². The van der Waals surface area contributed by atoms with E-state index in [-0.39, 0.29) is 0 Å². The van der Waals surface area contributed by atoms with E-state index in [1.807, 2.05) is 18.4 Å². The van der Waals surface area contributed by atoms with E-state index in [9.17, 15) is 0 Å². The van der Waals surface area contributed by atoms with E-state index in [0.717, 1.165) is 29.5 Å². The van der Waals surface area contributed by atoms with Crippen molar-refractivity contribution < 1.29 is 4.42 Å². The van der Waals surface area contributed by atoms with Crippen LogP contribution in [0.4, 0.5) is 0 Å². The lowest BCUT2D eigenvalue weighted by atomic mass is 9.89. The third-order valence-corrected chi connectivity index (χ3v) is 4.02. The third kappa shape index (κ3) is 2.23. The minimum absolute atomic E-state index is 0.499. The predicted octanol–water partition coefficient (Wildman–Crippen LogP) is 3.71. The molecule has 1 aromatic carbocycles. The van der Waals surface area contributed by atoms with Gasteiger partial charge in [-0.2, -0.15) is 5.26 Å². The minimum Gasteiger partial charge on any atom is -0.464 e. The number of rotatable bonds is 2. The molecule has 20 heavy (non-hydrogen) atoms. The normalized spacial score (nSPS) is 19.1. The molecule has 0 saturated carbocycles. The van der Waals surface area contributed by atoms with Gasteiger partial charge in [0.1, 0.15) is 5.58 Å². The summed E-state index contributed by atoms with van der Waals surface area (Å²) in [4.78, 5) is 0. The van der Waals surface area contributed by atoms with Gasteiger partial charge in [0, 0.05) is 23.5 Å². The number of fused-ring (bicyclic) bond motifs is 1. The van der Waals surface area contributed by atoms with Gasteiger partial charge in [0.05, 0.1) is 17.9 Å². The Morgan fingerprint density at radius 2 is 2.25 bits per heavy atom. The van der Waals surface area contributed by atoms with E-state index in [1.165, 1.54) is 5.57 Å². The summed E-state index contributed by atoms with van der Waals surface area (Å²) < 4.78 is 5.63. The van der Waals surface area contributed by atoms with E-state index in [4.69, 9.17) is 9.68 Å².